The largest absolute Gasteiger partial charge is 0.413 e. The minimum atomic E-state index is -2.12. The molecule has 1 saturated heterocycles. The molecule has 0 aliphatic carbocycles. The highest BCUT2D eigenvalue weighted by molar-refractivity contribution is 6.77. The molecule has 39 heavy (non-hydrogen) atoms. The number of ether oxygens (including phenoxy) is 1. The first-order valence-electron chi connectivity index (χ1n) is 15.5. The van der Waals surface area contributed by atoms with Gasteiger partial charge in [-0.1, -0.05) is 87.0 Å². The highest BCUT2D eigenvalue weighted by Gasteiger charge is 2.52. The van der Waals surface area contributed by atoms with Crippen LogP contribution in [-0.2, 0) is 13.6 Å². The lowest BCUT2D eigenvalue weighted by molar-refractivity contribution is -0.0650. The first-order valence-corrected chi connectivity index (χ1v) is 20.6. The van der Waals surface area contributed by atoms with Gasteiger partial charge in [0.05, 0.1) is 12.7 Å². The minimum absolute atomic E-state index is 0.00491. The molecular weight excluding hydrogens is 513 g/mol. The average Bonchev–Trinajstić information content (AvgIpc) is 3.17. The van der Waals surface area contributed by atoms with Crippen molar-refractivity contribution in [2.24, 2.45) is 23.7 Å². The van der Waals surface area contributed by atoms with Crippen molar-refractivity contribution in [1.82, 2.24) is 0 Å². The Morgan fingerprint density at radius 3 is 2.00 bits per heavy atom. The van der Waals surface area contributed by atoms with Gasteiger partial charge in [-0.25, -0.2) is 0 Å². The Morgan fingerprint density at radius 2 is 1.59 bits per heavy atom. The highest BCUT2D eigenvalue weighted by Crippen LogP contribution is 2.49. The Morgan fingerprint density at radius 1 is 1.05 bits per heavy atom. The van der Waals surface area contributed by atoms with Crippen LogP contribution >= 0.6 is 0 Å². The van der Waals surface area contributed by atoms with Crippen LogP contribution in [0.2, 0.25) is 34.8 Å². The maximum absolute atomic E-state index is 7.22. The topological polar surface area (TPSA) is 27.7 Å². The van der Waals surface area contributed by atoms with Crippen LogP contribution in [-0.4, -0.2) is 35.6 Å². The summed E-state index contributed by atoms with van der Waals surface area (Å²) in [5.74, 6) is 4.07. The SMILES string of the molecule is C#CC[C@@H](O[Si](C)(C)C(C)(C)C)[C@H](C1CO[C@@H](O[Si](C(C)C)(C(C)C)C(C)C)[C@H]1C=C)[C@H](C)CCC=C(C)C. The molecule has 0 aromatic carbocycles. The third kappa shape index (κ3) is 8.92. The van der Waals surface area contributed by atoms with Crippen molar-refractivity contribution in [3.05, 3.63) is 24.3 Å². The van der Waals surface area contributed by atoms with E-state index in [1.54, 1.807) is 0 Å². The van der Waals surface area contributed by atoms with E-state index in [0.29, 0.717) is 35.6 Å². The number of rotatable bonds is 15. The fourth-order valence-electron chi connectivity index (χ4n) is 6.82. The molecular formula is C34H64O3Si2. The second kappa shape index (κ2) is 15.0. The number of allylic oxidation sites excluding steroid dienone is 2. The summed E-state index contributed by atoms with van der Waals surface area (Å²) < 4.78 is 21.0. The van der Waals surface area contributed by atoms with Crippen LogP contribution in [0.5, 0.6) is 0 Å². The average molecular weight is 577 g/mol. The van der Waals surface area contributed by atoms with Crippen molar-refractivity contribution in [1.29, 1.82) is 0 Å². The Labute approximate surface area is 246 Å². The van der Waals surface area contributed by atoms with Gasteiger partial charge in [-0.2, -0.15) is 0 Å². The third-order valence-corrected chi connectivity index (χ3v) is 20.4. The summed E-state index contributed by atoms with van der Waals surface area (Å²) >= 11 is 0. The molecule has 0 saturated carbocycles. The summed E-state index contributed by atoms with van der Waals surface area (Å²) in [6, 6.07) is 0. The van der Waals surface area contributed by atoms with E-state index in [-0.39, 0.29) is 35.2 Å². The molecule has 1 aliphatic rings. The third-order valence-electron chi connectivity index (χ3n) is 9.89. The Balaban J connectivity index is 3.53. The van der Waals surface area contributed by atoms with Gasteiger partial charge in [-0.3, -0.25) is 0 Å². The minimum Gasteiger partial charge on any atom is -0.413 e. The zero-order valence-electron chi connectivity index (χ0n) is 28.2. The zero-order chi connectivity index (χ0) is 30.3. The molecule has 0 N–H and O–H groups in total. The van der Waals surface area contributed by atoms with E-state index in [2.05, 4.69) is 121 Å². The van der Waals surface area contributed by atoms with E-state index in [4.69, 9.17) is 20.0 Å². The molecule has 0 spiro atoms. The zero-order valence-corrected chi connectivity index (χ0v) is 30.2. The second-order valence-corrected chi connectivity index (χ2v) is 25.0. The van der Waals surface area contributed by atoms with Crippen LogP contribution in [0.3, 0.4) is 0 Å². The predicted molar refractivity (Wildman–Crippen MR) is 176 cm³/mol. The highest BCUT2D eigenvalue weighted by atomic mass is 28.4. The number of hydrogen-bond donors (Lipinski definition) is 0. The summed E-state index contributed by atoms with van der Waals surface area (Å²) in [6.45, 7) is 37.4. The van der Waals surface area contributed by atoms with E-state index in [1.807, 2.05) is 0 Å². The van der Waals surface area contributed by atoms with Gasteiger partial charge in [0.25, 0.3) is 0 Å². The van der Waals surface area contributed by atoms with Crippen LogP contribution < -0.4 is 0 Å². The van der Waals surface area contributed by atoms with Gasteiger partial charge in [-0.05, 0) is 79.2 Å². The van der Waals surface area contributed by atoms with E-state index in [0.717, 1.165) is 12.8 Å². The summed E-state index contributed by atoms with van der Waals surface area (Å²) in [7, 11) is -4.16. The molecule has 0 aromatic heterocycles. The smallest absolute Gasteiger partial charge is 0.203 e. The quantitative estimate of drug-likeness (QED) is 0.110. The van der Waals surface area contributed by atoms with Gasteiger partial charge < -0.3 is 13.6 Å². The van der Waals surface area contributed by atoms with Gasteiger partial charge >= 0.3 is 0 Å². The standard InChI is InChI=1S/C34H64O3Si2/c1-17-20-31(36-38(15,16)34(12,13)14)32(28(11)22-19-21-24(3)4)30-23-35-33(29(30)18-2)37-39(25(5)6,26(7)8)27(9)10/h1,18,21,25-33H,2,19-20,22-23H2,3-16H3/t28-,29+,30?,31-,32+,33+/m1/s1. The Kier molecular flexibility index (Phi) is 14.0. The molecule has 5 heteroatoms. The van der Waals surface area contributed by atoms with Crippen LogP contribution in [0, 0.1) is 36.0 Å². The fourth-order valence-corrected chi connectivity index (χ4v) is 13.6. The molecule has 0 radical (unpaired) electrons. The van der Waals surface area contributed by atoms with E-state index >= 15 is 0 Å². The molecule has 0 bridgehead atoms. The van der Waals surface area contributed by atoms with Gasteiger partial charge in [-0.15, -0.1) is 18.9 Å². The number of hydrogen-bond acceptors (Lipinski definition) is 3. The van der Waals surface area contributed by atoms with Crippen molar-refractivity contribution < 1.29 is 13.6 Å². The van der Waals surface area contributed by atoms with Crippen molar-refractivity contribution >= 4 is 16.6 Å². The molecule has 1 fully saturated rings. The summed E-state index contributed by atoms with van der Waals surface area (Å²) in [5.41, 5.74) is 2.87. The molecule has 1 rings (SSSR count). The maximum atomic E-state index is 7.22. The first-order chi connectivity index (χ1) is 17.9. The molecule has 1 aliphatic heterocycles. The maximum Gasteiger partial charge on any atom is 0.203 e. The van der Waals surface area contributed by atoms with E-state index in [9.17, 15) is 0 Å². The van der Waals surface area contributed by atoms with Crippen LogP contribution in [0.1, 0.15) is 102 Å². The van der Waals surface area contributed by atoms with E-state index < -0.39 is 16.6 Å². The predicted octanol–water partition coefficient (Wildman–Crippen LogP) is 10.4. The molecule has 0 aromatic rings. The Hall–Kier alpha value is -0.646. The van der Waals surface area contributed by atoms with Crippen LogP contribution in [0.4, 0.5) is 0 Å². The summed E-state index contributed by atoms with van der Waals surface area (Å²) in [4.78, 5) is 0. The van der Waals surface area contributed by atoms with Crippen molar-refractivity contribution in [2.75, 3.05) is 6.61 Å². The van der Waals surface area contributed by atoms with Crippen LogP contribution in [0.25, 0.3) is 0 Å². The van der Waals surface area contributed by atoms with Gasteiger partial charge in [0.15, 0.2) is 14.6 Å². The van der Waals surface area contributed by atoms with E-state index in [1.165, 1.54) is 5.57 Å². The molecule has 1 heterocycles. The summed E-state index contributed by atoms with van der Waals surface area (Å²) in [6.07, 6.45) is 13.0. The summed E-state index contributed by atoms with van der Waals surface area (Å²) in [5, 5.41) is 0.113. The lowest BCUT2D eigenvalue weighted by Crippen LogP contribution is -2.52. The Bertz CT molecular complexity index is 805. The monoisotopic (exact) mass is 576 g/mol. The van der Waals surface area contributed by atoms with Crippen molar-refractivity contribution in [3.8, 4) is 12.3 Å². The molecule has 0 amide bonds. The normalized spacial score (nSPS) is 23.1. The van der Waals surface area contributed by atoms with Gasteiger partial charge in [0.2, 0.25) is 8.32 Å². The number of terminal acetylenes is 1. The first kappa shape index (κ1) is 36.4. The molecule has 6 atom stereocenters. The van der Waals surface area contributed by atoms with Gasteiger partial charge in [0.1, 0.15) is 0 Å². The fraction of sp³-hybridized carbons (Fsp3) is 0.824. The van der Waals surface area contributed by atoms with Crippen molar-refractivity contribution in [3.63, 3.8) is 0 Å². The second-order valence-electron chi connectivity index (χ2n) is 14.9. The lowest BCUT2D eigenvalue weighted by atomic mass is 9.71. The molecule has 1 unspecified atom stereocenters. The molecule has 226 valence electrons. The van der Waals surface area contributed by atoms with Gasteiger partial charge in [0, 0.05) is 12.3 Å². The lowest BCUT2D eigenvalue weighted by Gasteiger charge is -2.46. The van der Waals surface area contributed by atoms with Crippen molar-refractivity contribution in [2.45, 2.75) is 149 Å². The molecule has 3 nitrogen and oxygen atoms in total. The van der Waals surface area contributed by atoms with Crippen LogP contribution in [0.15, 0.2) is 24.3 Å².